The number of benzene rings is 1. The van der Waals surface area contributed by atoms with Crippen LogP contribution >= 0.6 is 0 Å². The van der Waals surface area contributed by atoms with Gasteiger partial charge in [0.15, 0.2) is 5.82 Å². The van der Waals surface area contributed by atoms with Gasteiger partial charge in [0, 0.05) is 13.1 Å². The van der Waals surface area contributed by atoms with Gasteiger partial charge in [0.2, 0.25) is 0 Å². The first kappa shape index (κ1) is 8.49. The highest BCUT2D eigenvalue weighted by Crippen LogP contribution is 2.27. The summed E-state index contributed by atoms with van der Waals surface area (Å²) in [6, 6.07) is 4.74. The van der Waals surface area contributed by atoms with E-state index in [1.165, 1.54) is 10.7 Å². The van der Waals surface area contributed by atoms with E-state index in [4.69, 9.17) is 5.73 Å². The van der Waals surface area contributed by atoms with Crippen LogP contribution in [0.4, 0.5) is 11.5 Å². The maximum atomic E-state index is 10.7. The minimum absolute atomic E-state index is 0.0224. The van der Waals surface area contributed by atoms with Gasteiger partial charge in [-0.25, -0.2) is 0 Å². The summed E-state index contributed by atoms with van der Waals surface area (Å²) in [6.45, 7) is 0. The van der Waals surface area contributed by atoms with Crippen LogP contribution in [0.5, 0.6) is 0 Å². The number of nitro groups is 1. The molecular formula is C8H8N4O2. The number of rotatable bonds is 1. The maximum Gasteiger partial charge on any atom is 0.295 e. The number of nitrogens with zero attached hydrogens (tertiary/aromatic N) is 3. The van der Waals surface area contributed by atoms with Crippen LogP contribution in [0.25, 0.3) is 10.9 Å². The topological polar surface area (TPSA) is 87.0 Å². The van der Waals surface area contributed by atoms with Crippen molar-refractivity contribution in [3.05, 3.63) is 28.3 Å². The summed E-state index contributed by atoms with van der Waals surface area (Å²) in [7, 11) is 1.63. The lowest BCUT2D eigenvalue weighted by molar-refractivity contribution is -0.383. The Morgan fingerprint density at radius 2 is 2.29 bits per heavy atom. The second kappa shape index (κ2) is 2.69. The molecule has 2 aromatic rings. The Morgan fingerprint density at radius 1 is 1.57 bits per heavy atom. The average Bonchev–Trinajstić information content (AvgIpc) is 2.43. The number of nitrogen functional groups attached to an aromatic ring is 1. The monoisotopic (exact) mass is 192 g/mol. The lowest BCUT2D eigenvalue weighted by atomic mass is 10.2. The Bertz CT molecular complexity index is 517. The van der Waals surface area contributed by atoms with Gasteiger partial charge in [-0.3, -0.25) is 14.8 Å². The fourth-order valence-corrected chi connectivity index (χ4v) is 1.49. The summed E-state index contributed by atoms with van der Waals surface area (Å²) in [5.74, 6) is 0.311. The van der Waals surface area contributed by atoms with E-state index in [-0.39, 0.29) is 5.69 Å². The number of aryl methyl sites for hydroxylation is 1. The smallest absolute Gasteiger partial charge is 0.295 e. The Balaban J connectivity index is 2.92. The quantitative estimate of drug-likeness (QED) is 0.540. The van der Waals surface area contributed by atoms with Crippen LogP contribution in [0.15, 0.2) is 18.2 Å². The number of nitrogens with two attached hydrogens (primary N) is 1. The molecule has 0 fully saturated rings. The van der Waals surface area contributed by atoms with Crippen LogP contribution in [-0.4, -0.2) is 14.7 Å². The third kappa shape index (κ3) is 1.00. The number of nitro benzene ring substituents is 1. The first-order valence-corrected chi connectivity index (χ1v) is 3.97. The van der Waals surface area contributed by atoms with Crippen molar-refractivity contribution in [2.45, 2.75) is 0 Å². The Hall–Kier alpha value is -2.11. The molecule has 1 heterocycles. The van der Waals surface area contributed by atoms with E-state index >= 15 is 0 Å². The molecular weight excluding hydrogens is 184 g/mol. The second-order valence-corrected chi connectivity index (χ2v) is 2.94. The molecule has 0 radical (unpaired) electrons. The van der Waals surface area contributed by atoms with Crippen LogP contribution in [0, 0.1) is 10.1 Å². The van der Waals surface area contributed by atoms with Crippen LogP contribution in [-0.2, 0) is 7.05 Å². The van der Waals surface area contributed by atoms with E-state index < -0.39 is 4.92 Å². The van der Waals surface area contributed by atoms with Crippen molar-refractivity contribution in [1.82, 2.24) is 9.78 Å². The molecule has 0 bridgehead atoms. The molecule has 0 unspecified atom stereocenters. The van der Waals surface area contributed by atoms with Crippen molar-refractivity contribution in [2.24, 2.45) is 7.05 Å². The Kier molecular flexibility index (Phi) is 1.63. The normalized spacial score (nSPS) is 10.6. The highest BCUT2D eigenvalue weighted by molar-refractivity contribution is 5.95. The fraction of sp³-hybridized carbons (Fsp3) is 0.125. The van der Waals surface area contributed by atoms with Gasteiger partial charge >= 0.3 is 0 Å². The van der Waals surface area contributed by atoms with Gasteiger partial charge in [-0.2, -0.15) is 5.10 Å². The summed E-state index contributed by atoms with van der Waals surface area (Å²) in [5, 5.41) is 15.2. The largest absolute Gasteiger partial charge is 0.382 e. The second-order valence-electron chi connectivity index (χ2n) is 2.94. The molecule has 1 aromatic heterocycles. The van der Waals surface area contributed by atoms with E-state index in [9.17, 15) is 10.1 Å². The summed E-state index contributed by atoms with van der Waals surface area (Å²) >= 11 is 0. The Morgan fingerprint density at radius 3 is 2.93 bits per heavy atom. The minimum Gasteiger partial charge on any atom is -0.382 e. The number of para-hydroxylation sites is 1. The zero-order chi connectivity index (χ0) is 10.3. The lowest BCUT2D eigenvalue weighted by Gasteiger charge is -1.95. The highest BCUT2D eigenvalue weighted by Gasteiger charge is 2.16. The van der Waals surface area contributed by atoms with Crippen molar-refractivity contribution in [3.8, 4) is 0 Å². The number of hydrogen-bond acceptors (Lipinski definition) is 4. The van der Waals surface area contributed by atoms with Crippen molar-refractivity contribution in [1.29, 1.82) is 0 Å². The molecule has 0 atom stereocenters. The van der Waals surface area contributed by atoms with Gasteiger partial charge in [0.25, 0.3) is 5.69 Å². The average molecular weight is 192 g/mol. The zero-order valence-electron chi connectivity index (χ0n) is 7.47. The molecule has 72 valence electrons. The number of fused-ring (bicyclic) bond motifs is 1. The predicted octanol–water partition coefficient (Wildman–Crippen LogP) is 1.06. The fourth-order valence-electron chi connectivity index (χ4n) is 1.49. The lowest BCUT2D eigenvalue weighted by Crippen LogP contribution is -1.95. The number of hydrogen-bond donors (Lipinski definition) is 1. The summed E-state index contributed by atoms with van der Waals surface area (Å²) < 4.78 is 1.42. The summed E-state index contributed by atoms with van der Waals surface area (Å²) in [4.78, 5) is 10.3. The van der Waals surface area contributed by atoms with Crippen molar-refractivity contribution in [2.75, 3.05) is 5.73 Å². The molecule has 0 aliphatic heterocycles. The summed E-state index contributed by atoms with van der Waals surface area (Å²) in [6.07, 6.45) is 0. The van der Waals surface area contributed by atoms with E-state index in [1.54, 1.807) is 19.2 Å². The molecule has 14 heavy (non-hydrogen) atoms. The first-order chi connectivity index (χ1) is 6.61. The molecule has 0 aliphatic rings. The van der Waals surface area contributed by atoms with E-state index in [0.29, 0.717) is 16.7 Å². The molecule has 0 saturated carbocycles. The van der Waals surface area contributed by atoms with Crippen molar-refractivity contribution in [3.63, 3.8) is 0 Å². The zero-order valence-corrected chi connectivity index (χ0v) is 7.47. The molecule has 1 aromatic carbocycles. The Labute approximate surface area is 79.1 Å². The van der Waals surface area contributed by atoms with Crippen LogP contribution in [0.3, 0.4) is 0 Å². The molecule has 6 heteroatoms. The molecule has 2 N–H and O–H groups in total. The van der Waals surface area contributed by atoms with Crippen molar-refractivity contribution < 1.29 is 4.92 Å². The van der Waals surface area contributed by atoms with E-state index in [1.807, 2.05) is 0 Å². The van der Waals surface area contributed by atoms with Crippen LogP contribution in [0.1, 0.15) is 0 Å². The first-order valence-electron chi connectivity index (χ1n) is 3.97. The minimum atomic E-state index is -0.441. The van der Waals surface area contributed by atoms with E-state index in [2.05, 4.69) is 5.10 Å². The molecule has 6 nitrogen and oxygen atoms in total. The van der Waals surface area contributed by atoms with Gasteiger partial charge in [0.1, 0.15) is 5.52 Å². The number of anilines is 1. The van der Waals surface area contributed by atoms with Crippen LogP contribution in [0.2, 0.25) is 0 Å². The molecule has 0 spiro atoms. The molecule has 0 amide bonds. The van der Waals surface area contributed by atoms with Crippen LogP contribution < -0.4 is 5.73 Å². The standard InChI is InChI=1S/C8H8N4O2/c1-11-7-5(8(9)10-11)3-2-4-6(7)12(13)14/h2-4H,1H3,(H2,9,10). The SMILES string of the molecule is Cn1nc(N)c2cccc([N+](=O)[O-])c21. The number of aromatic nitrogens is 2. The van der Waals surface area contributed by atoms with Crippen molar-refractivity contribution >= 4 is 22.4 Å². The molecule has 0 aliphatic carbocycles. The third-order valence-electron chi connectivity index (χ3n) is 2.07. The van der Waals surface area contributed by atoms with Gasteiger partial charge in [-0.1, -0.05) is 6.07 Å². The number of non-ortho nitro benzene ring substituents is 1. The van der Waals surface area contributed by atoms with Gasteiger partial charge in [-0.05, 0) is 6.07 Å². The maximum absolute atomic E-state index is 10.7. The summed E-state index contributed by atoms with van der Waals surface area (Å²) in [5.41, 5.74) is 6.07. The third-order valence-corrected chi connectivity index (χ3v) is 2.07. The van der Waals surface area contributed by atoms with Gasteiger partial charge in [0.05, 0.1) is 10.3 Å². The molecule has 0 saturated heterocycles. The molecule has 2 rings (SSSR count). The van der Waals surface area contributed by atoms with Gasteiger partial charge in [-0.15, -0.1) is 0 Å². The highest BCUT2D eigenvalue weighted by atomic mass is 16.6. The van der Waals surface area contributed by atoms with Gasteiger partial charge < -0.3 is 5.73 Å². The van der Waals surface area contributed by atoms with E-state index in [0.717, 1.165) is 0 Å². The predicted molar refractivity (Wildman–Crippen MR) is 51.8 cm³/mol.